The van der Waals surface area contributed by atoms with Crippen molar-refractivity contribution in [2.24, 2.45) is 0 Å². The van der Waals surface area contributed by atoms with E-state index in [4.69, 9.17) is 14.7 Å². The third-order valence-electron chi connectivity index (χ3n) is 7.63. The van der Waals surface area contributed by atoms with E-state index in [2.05, 4.69) is 32.0 Å². The van der Waals surface area contributed by atoms with Crippen LogP contribution in [0.5, 0.6) is 0 Å². The number of carbonyl (C=O) groups excluding carboxylic acids is 1. The smallest absolute Gasteiger partial charge is 0.253 e. The standard InChI is InChI=1S/C31H40N8O3S/c1-5-39(12-11-37(3)13-14-40)31-33-21(2)16-28(36-31)35-27-18-25-26(19-32-27)43-29(34-25)22-8-6-9-23(17-22)30(41)38(4)24-10-7-15-42-20-24/h6,8-9,16-19,24,40H,5,7,10-15,20H2,1-4H3,(H,32,33,35,36). The van der Waals surface area contributed by atoms with E-state index in [9.17, 15) is 9.90 Å². The van der Waals surface area contributed by atoms with Crippen molar-refractivity contribution < 1.29 is 14.6 Å². The van der Waals surface area contributed by atoms with Crippen LogP contribution in [0.2, 0.25) is 0 Å². The summed E-state index contributed by atoms with van der Waals surface area (Å²) in [4.78, 5) is 38.2. The van der Waals surface area contributed by atoms with Crippen LogP contribution in [0.3, 0.4) is 0 Å². The molecule has 0 bridgehead atoms. The molecular weight excluding hydrogens is 564 g/mol. The minimum absolute atomic E-state index is 0.00931. The first kappa shape index (κ1) is 30.7. The van der Waals surface area contributed by atoms with Gasteiger partial charge in [-0.15, -0.1) is 11.3 Å². The fourth-order valence-electron chi connectivity index (χ4n) is 5.07. The van der Waals surface area contributed by atoms with Crippen molar-refractivity contribution in [3.05, 3.63) is 53.9 Å². The number of rotatable bonds is 12. The van der Waals surface area contributed by atoms with Crippen LogP contribution in [0.4, 0.5) is 17.6 Å². The lowest BCUT2D eigenvalue weighted by atomic mass is 10.1. The number of aliphatic hydroxyl groups is 1. The predicted octanol–water partition coefficient (Wildman–Crippen LogP) is 4.20. The number of likely N-dealkylation sites (N-methyl/N-ethyl adjacent to an activating group) is 3. The van der Waals surface area contributed by atoms with Crippen LogP contribution in [0, 0.1) is 6.92 Å². The highest BCUT2D eigenvalue weighted by Crippen LogP contribution is 2.32. The molecule has 0 spiro atoms. The number of nitrogens with one attached hydrogen (secondary N) is 1. The number of fused-ring (bicyclic) bond motifs is 1. The van der Waals surface area contributed by atoms with Crippen molar-refractivity contribution >= 4 is 45.0 Å². The molecule has 1 amide bonds. The molecule has 228 valence electrons. The van der Waals surface area contributed by atoms with E-state index in [1.165, 1.54) is 0 Å². The zero-order chi connectivity index (χ0) is 30.3. The Morgan fingerprint density at radius 3 is 2.74 bits per heavy atom. The number of aromatic nitrogens is 4. The van der Waals surface area contributed by atoms with Crippen molar-refractivity contribution in [1.29, 1.82) is 0 Å². The van der Waals surface area contributed by atoms with Crippen LogP contribution < -0.4 is 10.2 Å². The van der Waals surface area contributed by atoms with Gasteiger partial charge in [-0.05, 0) is 45.9 Å². The monoisotopic (exact) mass is 604 g/mol. The van der Waals surface area contributed by atoms with Gasteiger partial charge >= 0.3 is 0 Å². The molecule has 1 aliphatic heterocycles. The van der Waals surface area contributed by atoms with Gasteiger partial charge in [-0.2, -0.15) is 4.98 Å². The highest BCUT2D eigenvalue weighted by molar-refractivity contribution is 7.21. The number of carbonyl (C=O) groups is 1. The van der Waals surface area contributed by atoms with E-state index in [0.717, 1.165) is 65.6 Å². The molecule has 1 saturated heterocycles. The molecule has 2 N–H and O–H groups in total. The van der Waals surface area contributed by atoms with Crippen molar-refractivity contribution in [3.63, 3.8) is 0 Å². The minimum atomic E-state index is -0.00931. The lowest BCUT2D eigenvalue weighted by Crippen LogP contribution is -2.42. The Kier molecular flexibility index (Phi) is 10.1. The normalized spacial score (nSPS) is 15.2. The summed E-state index contributed by atoms with van der Waals surface area (Å²) >= 11 is 1.55. The van der Waals surface area contributed by atoms with Gasteiger partial charge in [-0.3, -0.25) is 4.79 Å². The first-order chi connectivity index (χ1) is 20.8. The van der Waals surface area contributed by atoms with Gasteiger partial charge in [0.15, 0.2) is 0 Å². The molecule has 1 atom stereocenters. The van der Waals surface area contributed by atoms with Gasteiger partial charge in [-0.25, -0.2) is 15.0 Å². The second-order valence-electron chi connectivity index (χ2n) is 10.9. The van der Waals surface area contributed by atoms with Crippen LogP contribution in [0.1, 0.15) is 35.8 Å². The van der Waals surface area contributed by atoms with Gasteiger partial charge < -0.3 is 29.9 Å². The van der Waals surface area contributed by atoms with Gasteiger partial charge in [0, 0.05) is 75.0 Å². The number of nitrogens with zero attached hydrogens (tertiary/aromatic N) is 7. The van der Waals surface area contributed by atoms with E-state index in [-0.39, 0.29) is 18.6 Å². The number of hydrogen-bond acceptors (Lipinski definition) is 11. The van der Waals surface area contributed by atoms with E-state index < -0.39 is 0 Å². The number of benzene rings is 1. The summed E-state index contributed by atoms with van der Waals surface area (Å²) in [6.07, 6.45) is 3.74. The van der Waals surface area contributed by atoms with Crippen LogP contribution in [-0.4, -0.2) is 107 Å². The Bertz CT molecular complexity index is 1540. The molecule has 0 radical (unpaired) electrons. The quantitative estimate of drug-likeness (QED) is 0.243. The van der Waals surface area contributed by atoms with Crippen molar-refractivity contribution in [2.45, 2.75) is 32.7 Å². The maximum atomic E-state index is 13.2. The average Bonchev–Trinajstić information content (AvgIpc) is 3.45. The van der Waals surface area contributed by atoms with Gasteiger partial charge in [0.25, 0.3) is 5.91 Å². The summed E-state index contributed by atoms with van der Waals surface area (Å²) in [7, 11) is 3.84. The van der Waals surface area contributed by atoms with E-state index in [0.29, 0.717) is 36.3 Å². The fraction of sp³-hybridized carbons (Fsp3) is 0.452. The third-order valence-corrected chi connectivity index (χ3v) is 8.69. The van der Waals surface area contributed by atoms with Crippen LogP contribution in [0.15, 0.2) is 42.6 Å². The maximum Gasteiger partial charge on any atom is 0.253 e. The van der Waals surface area contributed by atoms with Crippen molar-refractivity contribution in [1.82, 2.24) is 29.7 Å². The summed E-state index contributed by atoms with van der Waals surface area (Å²) in [6, 6.07) is 11.6. The molecule has 3 aromatic heterocycles. The Morgan fingerprint density at radius 1 is 1.12 bits per heavy atom. The van der Waals surface area contributed by atoms with E-state index >= 15 is 0 Å². The lowest BCUT2D eigenvalue weighted by Gasteiger charge is -2.31. The number of anilines is 3. The Labute approximate surface area is 256 Å². The van der Waals surface area contributed by atoms with Gasteiger partial charge in [-0.1, -0.05) is 12.1 Å². The zero-order valence-corrected chi connectivity index (χ0v) is 26.1. The first-order valence-corrected chi connectivity index (χ1v) is 15.5. The third kappa shape index (κ3) is 7.63. The molecule has 0 aliphatic carbocycles. The highest BCUT2D eigenvalue weighted by atomic mass is 32.1. The minimum Gasteiger partial charge on any atom is -0.395 e. The molecule has 1 aliphatic rings. The average molecular weight is 605 g/mol. The summed E-state index contributed by atoms with van der Waals surface area (Å²) in [5.41, 5.74) is 3.21. The molecule has 11 nitrogen and oxygen atoms in total. The molecule has 43 heavy (non-hydrogen) atoms. The van der Waals surface area contributed by atoms with Crippen molar-refractivity contribution in [2.75, 3.05) is 70.3 Å². The number of ether oxygens (including phenoxy) is 1. The molecule has 12 heteroatoms. The second-order valence-corrected chi connectivity index (χ2v) is 11.9. The van der Waals surface area contributed by atoms with Gasteiger partial charge in [0.05, 0.1) is 29.5 Å². The first-order valence-electron chi connectivity index (χ1n) is 14.7. The second kappa shape index (κ2) is 14.2. The largest absolute Gasteiger partial charge is 0.395 e. The van der Waals surface area contributed by atoms with Crippen LogP contribution in [0.25, 0.3) is 20.8 Å². The van der Waals surface area contributed by atoms with Gasteiger partial charge in [0.2, 0.25) is 5.95 Å². The SMILES string of the molecule is CCN(CCN(C)CCO)c1nc(C)cc(Nc2cc3nc(-c4cccc(C(=O)N(C)C5CCCOC5)c4)sc3cn2)n1. The number of amides is 1. The Morgan fingerprint density at radius 2 is 1.98 bits per heavy atom. The Balaban J connectivity index is 1.31. The van der Waals surface area contributed by atoms with Gasteiger partial charge in [0.1, 0.15) is 16.6 Å². The van der Waals surface area contributed by atoms with Crippen LogP contribution >= 0.6 is 11.3 Å². The molecule has 1 fully saturated rings. The molecule has 4 aromatic rings. The Hall–Kier alpha value is -3.71. The molecule has 4 heterocycles. The summed E-state index contributed by atoms with van der Waals surface area (Å²) in [5.74, 6) is 1.94. The number of hydrogen-bond donors (Lipinski definition) is 2. The zero-order valence-electron chi connectivity index (χ0n) is 25.3. The lowest BCUT2D eigenvalue weighted by molar-refractivity contribution is 0.0244. The fourth-order valence-corrected chi connectivity index (χ4v) is 5.98. The summed E-state index contributed by atoms with van der Waals surface area (Å²) in [5, 5.41) is 13.3. The molecule has 1 unspecified atom stereocenters. The number of pyridine rings is 1. The van der Waals surface area contributed by atoms with Crippen LogP contribution in [-0.2, 0) is 4.74 Å². The van der Waals surface area contributed by atoms with Crippen molar-refractivity contribution in [3.8, 4) is 10.6 Å². The molecule has 0 saturated carbocycles. The van der Waals surface area contributed by atoms with E-state index in [1.54, 1.807) is 16.2 Å². The summed E-state index contributed by atoms with van der Waals surface area (Å²) in [6.45, 7) is 8.44. The topological polar surface area (TPSA) is 120 Å². The molecule has 5 rings (SSSR count). The molecule has 1 aromatic carbocycles. The highest BCUT2D eigenvalue weighted by Gasteiger charge is 2.24. The van der Waals surface area contributed by atoms with E-state index in [1.807, 2.05) is 63.6 Å². The maximum absolute atomic E-state index is 13.2. The predicted molar refractivity (Wildman–Crippen MR) is 171 cm³/mol. The molecular formula is C31H40N8O3S. The summed E-state index contributed by atoms with van der Waals surface area (Å²) < 4.78 is 6.54. The number of aryl methyl sites for hydroxylation is 1. The number of thiazole rings is 1. The number of aliphatic hydroxyl groups excluding tert-OH is 1.